The largest absolute Gasteiger partial charge is 0.393 e. The topological polar surface area (TPSA) is 52.9 Å². The third-order valence-corrected chi connectivity index (χ3v) is 4.07. The molecule has 114 valence electrons. The number of halogens is 1. The van der Waals surface area contributed by atoms with E-state index >= 15 is 0 Å². The summed E-state index contributed by atoms with van der Waals surface area (Å²) in [4.78, 5) is 12.7. The molecule has 21 heavy (non-hydrogen) atoms. The Labute approximate surface area is 133 Å². The summed E-state index contributed by atoms with van der Waals surface area (Å²) >= 11 is 3.46. The summed E-state index contributed by atoms with van der Waals surface area (Å²) in [5.74, 6) is 0. The number of nitrogens with zero attached hydrogens (tertiary/aromatic N) is 2. The van der Waals surface area contributed by atoms with Crippen molar-refractivity contribution in [3.05, 3.63) is 44.3 Å². The molecule has 4 nitrogen and oxygen atoms in total. The maximum Gasteiger partial charge on any atom is 0.294 e. The maximum atomic E-state index is 12.7. The lowest BCUT2D eigenvalue weighted by molar-refractivity contribution is 0.469. The molecule has 5 heteroatoms. The van der Waals surface area contributed by atoms with Crippen molar-refractivity contribution in [3.8, 4) is 5.69 Å². The van der Waals surface area contributed by atoms with E-state index in [1.54, 1.807) is 4.68 Å². The van der Waals surface area contributed by atoms with Gasteiger partial charge >= 0.3 is 0 Å². The molecule has 0 saturated heterocycles. The minimum absolute atomic E-state index is 0.146. The third kappa shape index (κ3) is 2.67. The van der Waals surface area contributed by atoms with Crippen LogP contribution in [0.3, 0.4) is 0 Å². The number of hydrogen-bond donors (Lipinski definition) is 1. The zero-order valence-corrected chi connectivity index (χ0v) is 14.8. The van der Waals surface area contributed by atoms with Crippen molar-refractivity contribution in [2.24, 2.45) is 0 Å². The van der Waals surface area contributed by atoms with Crippen LogP contribution in [0.2, 0.25) is 0 Å². The zero-order chi connectivity index (χ0) is 15.9. The van der Waals surface area contributed by atoms with Crippen LogP contribution in [0.25, 0.3) is 5.69 Å². The Bertz CT molecular complexity index is 735. The van der Waals surface area contributed by atoms with Crippen LogP contribution in [-0.4, -0.2) is 9.36 Å². The summed E-state index contributed by atoms with van der Waals surface area (Å²) < 4.78 is 4.67. The van der Waals surface area contributed by atoms with Crippen LogP contribution in [0.15, 0.2) is 27.5 Å². The van der Waals surface area contributed by atoms with Gasteiger partial charge in [-0.25, -0.2) is 4.68 Å². The van der Waals surface area contributed by atoms with Gasteiger partial charge < -0.3 is 5.73 Å². The number of nitrogens with two attached hydrogens (primary N) is 1. The van der Waals surface area contributed by atoms with Crippen LogP contribution in [0.1, 0.15) is 39.0 Å². The highest BCUT2D eigenvalue weighted by molar-refractivity contribution is 9.10. The number of benzene rings is 1. The fourth-order valence-electron chi connectivity index (χ4n) is 2.75. The number of rotatable bonds is 2. The molecule has 1 heterocycles. The Morgan fingerprint density at radius 2 is 1.90 bits per heavy atom. The zero-order valence-electron chi connectivity index (χ0n) is 13.2. The average Bonchev–Trinajstić information content (AvgIpc) is 2.62. The van der Waals surface area contributed by atoms with Gasteiger partial charge in [-0.15, -0.1) is 0 Å². The number of aromatic nitrogens is 2. The number of anilines is 1. The van der Waals surface area contributed by atoms with E-state index in [1.807, 2.05) is 36.7 Å². The first-order valence-corrected chi connectivity index (χ1v) is 7.86. The lowest BCUT2D eigenvalue weighted by Crippen LogP contribution is -2.24. The van der Waals surface area contributed by atoms with Crippen LogP contribution in [0.4, 0.5) is 5.69 Å². The van der Waals surface area contributed by atoms with E-state index in [0.717, 1.165) is 21.4 Å². The highest BCUT2D eigenvalue weighted by Gasteiger charge is 2.27. The standard InChI is InChI=1S/C16H22BrN3O/c1-6-19-14(16(3,4)5)13(18)15(21)20(19)12-8-7-11(17)9-10(12)2/h7-9H,6,18H2,1-5H3. The molecule has 1 aromatic heterocycles. The average molecular weight is 352 g/mol. The minimum Gasteiger partial charge on any atom is -0.393 e. The maximum absolute atomic E-state index is 12.7. The minimum atomic E-state index is -0.187. The molecule has 1 aromatic carbocycles. The van der Waals surface area contributed by atoms with Crippen molar-refractivity contribution >= 4 is 21.6 Å². The van der Waals surface area contributed by atoms with Crippen LogP contribution in [0, 0.1) is 6.92 Å². The molecule has 2 N–H and O–H groups in total. The fraction of sp³-hybridized carbons (Fsp3) is 0.438. The first kappa shape index (κ1) is 15.9. The molecule has 0 amide bonds. The van der Waals surface area contributed by atoms with Crippen LogP contribution in [0.5, 0.6) is 0 Å². The Balaban J connectivity index is 2.85. The molecule has 0 aliphatic carbocycles. The van der Waals surface area contributed by atoms with E-state index in [0.29, 0.717) is 12.2 Å². The first-order valence-electron chi connectivity index (χ1n) is 7.06. The predicted molar refractivity (Wildman–Crippen MR) is 91.3 cm³/mol. The third-order valence-electron chi connectivity index (χ3n) is 3.57. The van der Waals surface area contributed by atoms with Gasteiger partial charge in [-0.1, -0.05) is 36.7 Å². The normalized spacial score (nSPS) is 11.9. The SMILES string of the molecule is CCn1c(C(C)(C)C)c(N)c(=O)n1-c1ccc(Br)cc1C. The smallest absolute Gasteiger partial charge is 0.294 e. The molecule has 0 atom stereocenters. The monoisotopic (exact) mass is 351 g/mol. The number of aryl methyl sites for hydroxylation is 1. The second kappa shape index (κ2) is 5.37. The highest BCUT2D eigenvalue weighted by atomic mass is 79.9. The van der Waals surface area contributed by atoms with Crippen LogP contribution >= 0.6 is 15.9 Å². The van der Waals surface area contributed by atoms with E-state index in [-0.39, 0.29) is 11.0 Å². The molecule has 2 aromatic rings. The van der Waals surface area contributed by atoms with Crippen molar-refractivity contribution in [1.82, 2.24) is 9.36 Å². The number of nitrogen functional groups attached to an aromatic ring is 1. The summed E-state index contributed by atoms with van der Waals surface area (Å²) in [5, 5.41) is 0. The summed E-state index contributed by atoms with van der Waals surface area (Å²) in [5.41, 5.74) is 8.91. The summed E-state index contributed by atoms with van der Waals surface area (Å²) in [6.07, 6.45) is 0. The molecule has 0 spiro atoms. The molecule has 0 fully saturated rings. The van der Waals surface area contributed by atoms with E-state index < -0.39 is 0 Å². The van der Waals surface area contributed by atoms with Gasteiger partial charge in [-0.3, -0.25) is 9.48 Å². The van der Waals surface area contributed by atoms with E-state index in [9.17, 15) is 4.79 Å². The van der Waals surface area contributed by atoms with Gasteiger partial charge in [0, 0.05) is 16.4 Å². The second-order valence-corrected chi connectivity index (χ2v) is 7.19. The van der Waals surface area contributed by atoms with Gasteiger partial charge in [0.05, 0.1) is 11.4 Å². The molecule has 0 saturated carbocycles. The summed E-state index contributed by atoms with van der Waals surface area (Å²) in [6, 6.07) is 5.88. The molecule has 0 aliphatic rings. The fourth-order valence-corrected chi connectivity index (χ4v) is 3.23. The summed E-state index contributed by atoms with van der Waals surface area (Å²) in [6.45, 7) is 10.9. The Hall–Kier alpha value is -1.49. The molecular formula is C16H22BrN3O. The van der Waals surface area contributed by atoms with E-state index in [1.165, 1.54) is 0 Å². The highest BCUT2D eigenvalue weighted by Crippen LogP contribution is 2.28. The lowest BCUT2D eigenvalue weighted by Gasteiger charge is -2.23. The first-order chi connectivity index (χ1) is 9.68. The quantitative estimate of drug-likeness (QED) is 0.898. The van der Waals surface area contributed by atoms with Gasteiger partial charge in [-0.05, 0) is 37.6 Å². The predicted octanol–water partition coefficient (Wildman–Crippen LogP) is 3.61. The van der Waals surface area contributed by atoms with Crippen molar-refractivity contribution in [2.75, 3.05) is 5.73 Å². The van der Waals surface area contributed by atoms with Gasteiger partial charge in [-0.2, -0.15) is 0 Å². The lowest BCUT2D eigenvalue weighted by atomic mass is 9.91. The van der Waals surface area contributed by atoms with Crippen molar-refractivity contribution in [2.45, 2.75) is 46.6 Å². The summed E-state index contributed by atoms with van der Waals surface area (Å²) in [7, 11) is 0. The Kier molecular flexibility index (Phi) is 4.06. The van der Waals surface area contributed by atoms with Crippen molar-refractivity contribution in [3.63, 3.8) is 0 Å². The molecular weight excluding hydrogens is 330 g/mol. The van der Waals surface area contributed by atoms with Gasteiger partial charge in [0.25, 0.3) is 5.56 Å². The van der Waals surface area contributed by atoms with Crippen LogP contribution in [-0.2, 0) is 12.0 Å². The number of hydrogen-bond acceptors (Lipinski definition) is 2. The molecule has 0 unspecified atom stereocenters. The Morgan fingerprint density at radius 1 is 1.29 bits per heavy atom. The molecule has 0 aliphatic heterocycles. The van der Waals surface area contributed by atoms with Crippen molar-refractivity contribution < 1.29 is 0 Å². The molecule has 0 bridgehead atoms. The van der Waals surface area contributed by atoms with E-state index in [2.05, 4.69) is 36.7 Å². The van der Waals surface area contributed by atoms with Gasteiger partial charge in [0.2, 0.25) is 0 Å². The van der Waals surface area contributed by atoms with Crippen LogP contribution < -0.4 is 11.3 Å². The Morgan fingerprint density at radius 3 is 2.38 bits per heavy atom. The molecule has 2 rings (SSSR count). The van der Waals surface area contributed by atoms with Gasteiger partial charge in [0.1, 0.15) is 5.69 Å². The van der Waals surface area contributed by atoms with Crippen molar-refractivity contribution in [1.29, 1.82) is 0 Å². The van der Waals surface area contributed by atoms with Gasteiger partial charge in [0.15, 0.2) is 0 Å². The van der Waals surface area contributed by atoms with E-state index in [4.69, 9.17) is 5.73 Å². The molecule has 0 radical (unpaired) electrons. The second-order valence-electron chi connectivity index (χ2n) is 6.28.